The van der Waals surface area contributed by atoms with E-state index in [1.54, 1.807) is 30.3 Å². The van der Waals surface area contributed by atoms with Crippen LogP contribution in [0.15, 0.2) is 41.0 Å². The first-order valence-electron chi connectivity index (χ1n) is 7.13. The summed E-state index contributed by atoms with van der Waals surface area (Å²) in [6, 6.07) is 8.72. The van der Waals surface area contributed by atoms with Crippen molar-refractivity contribution in [3.8, 4) is 5.75 Å². The van der Waals surface area contributed by atoms with E-state index in [9.17, 15) is 9.59 Å². The molecule has 6 nitrogen and oxygen atoms in total. The fourth-order valence-electron chi connectivity index (χ4n) is 2.31. The molecule has 1 aliphatic heterocycles. The topological polar surface area (TPSA) is 80.6 Å². The Morgan fingerprint density at radius 3 is 2.91 bits per heavy atom. The number of hydrogen-bond donors (Lipinski definition) is 2. The van der Waals surface area contributed by atoms with Gasteiger partial charge in [-0.05, 0) is 35.9 Å². The molecule has 0 unspecified atom stereocenters. The third-order valence-corrected chi connectivity index (χ3v) is 3.69. The molecular formula is C16H15ClN2O4. The van der Waals surface area contributed by atoms with Gasteiger partial charge in [0.2, 0.25) is 5.91 Å². The molecule has 0 aliphatic carbocycles. The van der Waals surface area contributed by atoms with Crippen LogP contribution in [0.5, 0.6) is 5.75 Å². The summed E-state index contributed by atoms with van der Waals surface area (Å²) in [6.07, 6.45) is 1.33. The first kappa shape index (κ1) is 15.4. The lowest BCUT2D eigenvalue weighted by molar-refractivity contribution is -0.130. The highest BCUT2D eigenvalue weighted by Gasteiger charge is 2.29. The van der Waals surface area contributed by atoms with Crippen molar-refractivity contribution in [2.45, 2.75) is 19.1 Å². The van der Waals surface area contributed by atoms with Gasteiger partial charge in [0, 0.05) is 11.4 Å². The molecule has 0 fully saturated rings. The van der Waals surface area contributed by atoms with Crippen LogP contribution in [-0.2, 0) is 22.6 Å². The van der Waals surface area contributed by atoms with Crippen LogP contribution in [0.1, 0.15) is 11.3 Å². The molecule has 120 valence electrons. The normalized spacial score (nSPS) is 15.6. The van der Waals surface area contributed by atoms with Gasteiger partial charge < -0.3 is 19.8 Å². The number of hydrogen-bond acceptors (Lipinski definition) is 4. The van der Waals surface area contributed by atoms with Crippen LogP contribution in [-0.4, -0.2) is 24.5 Å². The number of carbonyl (C=O) groups excluding carboxylic acids is 2. The first-order chi connectivity index (χ1) is 11.1. The number of carbonyl (C=O) groups is 2. The fourth-order valence-corrected chi connectivity index (χ4v) is 2.50. The first-order valence-corrected chi connectivity index (χ1v) is 7.51. The zero-order valence-corrected chi connectivity index (χ0v) is 12.9. The minimum atomic E-state index is -0.638. The Kier molecular flexibility index (Phi) is 4.52. The van der Waals surface area contributed by atoms with E-state index in [4.69, 9.17) is 20.8 Å². The highest BCUT2D eigenvalue weighted by molar-refractivity contribution is 6.30. The van der Waals surface area contributed by atoms with Gasteiger partial charge in [-0.25, -0.2) is 0 Å². The van der Waals surface area contributed by atoms with Gasteiger partial charge in [-0.2, -0.15) is 0 Å². The summed E-state index contributed by atoms with van der Waals surface area (Å²) in [4.78, 5) is 23.8. The summed E-state index contributed by atoms with van der Waals surface area (Å²) in [6.45, 7) is 0.169. The molecule has 0 radical (unpaired) electrons. The molecule has 0 saturated carbocycles. The van der Waals surface area contributed by atoms with Crippen molar-refractivity contribution in [2.75, 3.05) is 6.54 Å². The molecule has 0 bridgehead atoms. The maximum absolute atomic E-state index is 12.1. The molecule has 2 aromatic rings. The molecular weight excluding hydrogens is 320 g/mol. The summed E-state index contributed by atoms with van der Waals surface area (Å²) in [5.41, 5.74) is 0.889. The molecule has 23 heavy (non-hydrogen) atoms. The molecule has 2 heterocycles. The van der Waals surface area contributed by atoms with Crippen LogP contribution in [0.25, 0.3) is 0 Å². The highest BCUT2D eigenvalue weighted by Crippen LogP contribution is 2.31. The molecule has 0 saturated heterocycles. The lowest BCUT2D eigenvalue weighted by atomic mass is 10.1. The van der Waals surface area contributed by atoms with E-state index in [1.165, 1.54) is 6.26 Å². The van der Waals surface area contributed by atoms with E-state index in [2.05, 4.69) is 10.6 Å². The van der Waals surface area contributed by atoms with Gasteiger partial charge in [-0.15, -0.1) is 0 Å². The number of benzene rings is 1. The molecule has 1 aromatic heterocycles. The van der Waals surface area contributed by atoms with Crippen molar-refractivity contribution in [1.82, 2.24) is 10.6 Å². The van der Waals surface area contributed by atoms with E-state index in [0.717, 1.165) is 5.56 Å². The van der Waals surface area contributed by atoms with E-state index in [-0.39, 0.29) is 24.9 Å². The van der Waals surface area contributed by atoms with Crippen molar-refractivity contribution in [3.05, 3.63) is 52.9 Å². The Balaban J connectivity index is 1.44. The maximum Gasteiger partial charge on any atom is 0.261 e. The van der Waals surface area contributed by atoms with Gasteiger partial charge in [0.15, 0.2) is 6.10 Å². The third-order valence-electron chi connectivity index (χ3n) is 3.45. The van der Waals surface area contributed by atoms with Crippen molar-refractivity contribution in [1.29, 1.82) is 0 Å². The van der Waals surface area contributed by atoms with Crippen LogP contribution in [0.3, 0.4) is 0 Å². The minimum absolute atomic E-state index is 0.115. The second-order valence-corrected chi connectivity index (χ2v) is 5.57. The molecule has 0 spiro atoms. The summed E-state index contributed by atoms with van der Waals surface area (Å²) < 4.78 is 10.7. The second kappa shape index (κ2) is 6.75. The lowest BCUT2D eigenvalue weighted by Gasteiger charge is -2.11. The Labute approximate surface area is 137 Å². The number of amides is 2. The predicted molar refractivity (Wildman–Crippen MR) is 83.1 cm³/mol. The average Bonchev–Trinajstić information content (AvgIpc) is 3.19. The number of furan rings is 1. The van der Waals surface area contributed by atoms with Gasteiger partial charge in [-0.1, -0.05) is 11.6 Å². The molecule has 1 aromatic carbocycles. The zero-order valence-electron chi connectivity index (χ0n) is 12.2. The Morgan fingerprint density at radius 2 is 2.13 bits per heavy atom. The molecule has 2 amide bonds. The van der Waals surface area contributed by atoms with E-state index in [1.807, 2.05) is 0 Å². The quantitative estimate of drug-likeness (QED) is 0.871. The van der Waals surface area contributed by atoms with Crippen LogP contribution < -0.4 is 15.4 Å². The molecule has 1 atom stereocenters. The smallest absolute Gasteiger partial charge is 0.261 e. The van der Waals surface area contributed by atoms with Gasteiger partial charge >= 0.3 is 0 Å². The third kappa shape index (κ3) is 3.84. The molecule has 7 heteroatoms. The van der Waals surface area contributed by atoms with E-state index in [0.29, 0.717) is 23.0 Å². The Bertz CT molecular complexity index is 715. The lowest BCUT2D eigenvalue weighted by Crippen LogP contribution is -2.42. The number of nitrogens with one attached hydrogen (secondary N) is 2. The summed E-state index contributed by atoms with van der Waals surface area (Å²) in [5.74, 6) is 0.673. The van der Waals surface area contributed by atoms with Gasteiger partial charge in [0.1, 0.15) is 11.5 Å². The summed E-state index contributed by atoms with van der Waals surface area (Å²) >= 11 is 5.91. The van der Waals surface area contributed by atoms with Crippen molar-refractivity contribution in [3.63, 3.8) is 0 Å². The van der Waals surface area contributed by atoms with Crippen molar-refractivity contribution in [2.24, 2.45) is 0 Å². The highest BCUT2D eigenvalue weighted by atomic mass is 35.5. The zero-order chi connectivity index (χ0) is 16.2. The van der Waals surface area contributed by atoms with Crippen LogP contribution in [0.4, 0.5) is 0 Å². The predicted octanol–water partition coefficient (Wildman–Crippen LogP) is 1.67. The van der Waals surface area contributed by atoms with E-state index >= 15 is 0 Å². The largest absolute Gasteiger partial charge is 0.480 e. The Morgan fingerprint density at radius 1 is 1.26 bits per heavy atom. The number of halogens is 1. The van der Waals surface area contributed by atoms with Gasteiger partial charge in [0.25, 0.3) is 5.91 Å². The van der Waals surface area contributed by atoms with Crippen LogP contribution in [0, 0.1) is 0 Å². The number of fused-ring (bicyclic) bond motifs is 1. The van der Waals surface area contributed by atoms with Crippen LogP contribution >= 0.6 is 11.6 Å². The SMILES string of the molecule is O=C(CNC(=O)[C@@H]1Cc2cc(Cl)ccc2O1)NCc1ccco1. The number of rotatable bonds is 5. The monoisotopic (exact) mass is 334 g/mol. The fraction of sp³-hybridized carbons (Fsp3) is 0.250. The minimum Gasteiger partial charge on any atom is -0.480 e. The molecule has 1 aliphatic rings. The van der Waals surface area contributed by atoms with Crippen molar-refractivity contribution >= 4 is 23.4 Å². The van der Waals surface area contributed by atoms with Crippen LogP contribution in [0.2, 0.25) is 5.02 Å². The van der Waals surface area contributed by atoms with Gasteiger partial charge in [-0.3, -0.25) is 9.59 Å². The average molecular weight is 335 g/mol. The molecule has 2 N–H and O–H groups in total. The molecule has 3 rings (SSSR count). The van der Waals surface area contributed by atoms with Crippen molar-refractivity contribution < 1.29 is 18.7 Å². The van der Waals surface area contributed by atoms with E-state index < -0.39 is 6.10 Å². The second-order valence-electron chi connectivity index (χ2n) is 5.14. The van der Waals surface area contributed by atoms with Gasteiger partial charge in [0.05, 0.1) is 19.4 Å². The maximum atomic E-state index is 12.1. The Hall–Kier alpha value is -2.47. The standard InChI is InChI=1S/C16H15ClN2O4/c17-11-3-4-13-10(6-11)7-14(23-13)16(21)19-9-15(20)18-8-12-2-1-5-22-12/h1-6,14H,7-9H2,(H,18,20)(H,19,21)/t14-/m0/s1. The number of ether oxygens (including phenoxy) is 1. The summed E-state index contributed by atoms with van der Waals surface area (Å²) in [5, 5.41) is 5.82. The summed E-state index contributed by atoms with van der Waals surface area (Å²) in [7, 11) is 0.